The SMILES string of the molecule is [C-]#[N+]c1ccc(-c2cc3n(c2)Cc2cc(N4CC5(CC4=O)CN(C(=O)OC(C)(C)C)C5)ccc2-n2ccnc2-3)cc1. The molecule has 1 spiro atoms. The summed E-state index contributed by atoms with van der Waals surface area (Å²) in [5.41, 5.74) is 5.93. The van der Waals surface area contributed by atoms with Crippen LogP contribution >= 0.6 is 0 Å². The number of benzene rings is 2. The van der Waals surface area contributed by atoms with Gasteiger partial charge < -0.3 is 19.1 Å². The number of nitrogens with zero attached hydrogens (tertiary/aromatic N) is 6. The zero-order valence-electron chi connectivity index (χ0n) is 23.3. The molecule has 7 rings (SSSR count). The second-order valence-corrected chi connectivity index (χ2v) is 12.3. The van der Waals surface area contributed by atoms with E-state index >= 15 is 0 Å². The van der Waals surface area contributed by atoms with Gasteiger partial charge in [0.15, 0.2) is 11.5 Å². The number of ether oxygens (including phenoxy) is 1. The van der Waals surface area contributed by atoms with Crippen LogP contribution in [0.4, 0.5) is 16.2 Å². The Bertz CT molecular complexity index is 1740. The van der Waals surface area contributed by atoms with Gasteiger partial charge in [0.25, 0.3) is 0 Å². The number of aromatic nitrogens is 3. The summed E-state index contributed by atoms with van der Waals surface area (Å²) in [4.78, 5) is 37.5. The molecule has 3 aliphatic rings. The fourth-order valence-corrected chi connectivity index (χ4v) is 6.25. The molecule has 5 heterocycles. The van der Waals surface area contributed by atoms with E-state index < -0.39 is 5.60 Å². The first-order valence-corrected chi connectivity index (χ1v) is 13.7. The molecule has 2 fully saturated rings. The van der Waals surface area contributed by atoms with Gasteiger partial charge in [-0.2, -0.15) is 0 Å². The summed E-state index contributed by atoms with van der Waals surface area (Å²) in [6, 6.07) is 15.9. The largest absolute Gasteiger partial charge is 0.444 e. The summed E-state index contributed by atoms with van der Waals surface area (Å²) in [5, 5.41) is 0. The molecule has 0 radical (unpaired) electrons. The molecule has 2 aromatic heterocycles. The van der Waals surface area contributed by atoms with Gasteiger partial charge in [-0.15, -0.1) is 0 Å². The lowest BCUT2D eigenvalue weighted by molar-refractivity contribution is -0.119. The lowest BCUT2D eigenvalue weighted by atomic mass is 9.79. The van der Waals surface area contributed by atoms with E-state index in [1.807, 2.05) is 62.2 Å². The van der Waals surface area contributed by atoms with Gasteiger partial charge in [0.1, 0.15) is 5.60 Å². The van der Waals surface area contributed by atoms with E-state index in [1.165, 1.54) is 0 Å². The van der Waals surface area contributed by atoms with Crippen molar-refractivity contribution in [3.63, 3.8) is 0 Å². The van der Waals surface area contributed by atoms with Gasteiger partial charge in [-0.05, 0) is 56.2 Å². The van der Waals surface area contributed by atoms with Gasteiger partial charge in [0.2, 0.25) is 5.91 Å². The van der Waals surface area contributed by atoms with Crippen LogP contribution in [0.2, 0.25) is 0 Å². The molecule has 2 saturated heterocycles. The maximum Gasteiger partial charge on any atom is 0.410 e. The van der Waals surface area contributed by atoms with E-state index in [2.05, 4.69) is 43.4 Å². The molecule has 3 aliphatic heterocycles. The highest BCUT2D eigenvalue weighted by Gasteiger charge is 2.53. The number of hydrogen-bond donors (Lipinski definition) is 0. The minimum Gasteiger partial charge on any atom is -0.444 e. The number of hydrogen-bond acceptors (Lipinski definition) is 4. The predicted octanol–water partition coefficient (Wildman–Crippen LogP) is 5.89. The number of likely N-dealkylation sites (tertiary alicyclic amines) is 1. The van der Waals surface area contributed by atoms with Crippen LogP contribution in [-0.4, -0.2) is 56.3 Å². The van der Waals surface area contributed by atoms with Gasteiger partial charge in [-0.25, -0.2) is 14.6 Å². The summed E-state index contributed by atoms with van der Waals surface area (Å²) in [5.74, 6) is 0.936. The van der Waals surface area contributed by atoms with Crippen molar-refractivity contribution in [1.82, 2.24) is 19.0 Å². The summed E-state index contributed by atoms with van der Waals surface area (Å²) >= 11 is 0. The average molecular weight is 547 g/mol. The Labute approximate surface area is 238 Å². The molecule has 0 aliphatic carbocycles. The minimum atomic E-state index is -0.544. The summed E-state index contributed by atoms with van der Waals surface area (Å²) in [6.07, 6.45) is 6.00. The van der Waals surface area contributed by atoms with E-state index in [4.69, 9.17) is 11.3 Å². The number of carbonyl (C=O) groups excluding carboxylic acids is 2. The van der Waals surface area contributed by atoms with Crippen molar-refractivity contribution >= 4 is 23.4 Å². The van der Waals surface area contributed by atoms with Crippen LogP contribution in [0.5, 0.6) is 0 Å². The normalized spacial score (nSPS) is 16.9. The number of fused-ring (bicyclic) bond motifs is 5. The minimum absolute atomic E-state index is 0.0810. The predicted molar refractivity (Wildman–Crippen MR) is 155 cm³/mol. The number of imidazole rings is 1. The maximum absolute atomic E-state index is 13.2. The molecular formula is C32H30N6O3. The van der Waals surface area contributed by atoms with Crippen LogP contribution in [0.15, 0.2) is 67.1 Å². The number of anilines is 1. The lowest BCUT2D eigenvalue weighted by Gasteiger charge is -2.47. The molecule has 0 saturated carbocycles. The lowest BCUT2D eigenvalue weighted by Crippen LogP contribution is -2.60. The average Bonchev–Trinajstić information content (AvgIpc) is 3.62. The van der Waals surface area contributed by atoms with Crippen LogP contribution in [0, 0.1) is 12.0 Å². The first kappa shape index (κ1) is 25.1. The topological polar surface area (TPSA) is 77.0 Å². The van der Waals surface area contributed by atoms with Crippen molar-refractivity contribution in [2.45, 2.75) is 39.3 Å². The Morgan fingerprint density at radius 1 is 1.05 bits per heavy atom. The molecule has 9 nitrogen and oxygen atoms in total. The van der Waals surface area contributed by atoms with Gasteiger partial charge in [-0.3, -0.25) is 9.36 Å². The third kappa shape index (κ3) is 4.27. The van der Waals surface area contributed by atoms with Crippen LogP contribution in [-0.2, 0) is 16.1 Å². The smallest absolute Gasteiger partial charge is 0.410 e. The van der Waals surface area contributed by atoms with E-state index in [1.54, 1.807) is 11.1 Å². The number of carbonyl (C=O) groups is 2. The summed E-state index contributed by atoms with van der Waals surface area (Å²) in [6.45, 7) is 15.1. The van der Waals surface area contributed by atoms with Gasteiger partial charge in [0, 0.05) is 67.9 Å². The Kier molecular flexibility index (Phi) is 5.42. The van der Waals surface area contributed by atoms with E-state index in [9.17, 15) is 9.59 Å². The fourth-order valence-electron chi connectivity index (χ4n) is 6.25. The first-order chi connectivity index (χ1) is 19.6. The zero-order valence-corrected chi connectivity index (χ0v) is 23.3. The van der Waals surface area contributed by atoms with Crippen LogP contribution in [0.3, 0.4) is 0 Å². The highest BCUT2D eigenvalue weighted by Crippen LogP contribution is 2.43. The van der Waals surface area contributed by atoms with Gasteiger partial charge in [-0.1, -0.05) is 24.3 Å². The van der Waals surface area contributed by atoms with Crippen molar-refractivity contribution < 1.29 is 14.3 Å². The highest BCUT2D eigenvalue weighted by molar-refractivity contribution is 5.97. The first-order valence-electron chi connectivity index (χ1n) is 13.7. The quantitative estimate of drug-likeness (QED) is 0.259. The number of rotatable bonds is 2. The van der Waals surface area contributed by atoms with E-state index in [0.29, 0.717) is 38.3 Å². The summed E-state index contributed by atoms with van der Waals surface area (Å²) in [7, 11) is 0. The second kappa shape index (κ2) is 8.83. The van der Waals surface area contributed by atoms with Crippen LogP contribution in [0.25, 0.3) is 33.2 Å². The molecule has 2 amide bonds. The Balaban J connectivity index is 1.16. The van der Waals surface area contributed by atoms with Gasteiger partial charge >= 0.3 is 6.09 Å². The van der Waals surface area contributed by atoms with Crippen molar-refractivity contribution in [2.24, 2.45) is 5.41 Å². The Morgan fingerprint density at radius 3 is 2.56 bits per heavy atom. The molecule has 206 valence electrons. The van der Waals surface area contributed by atoms with E-state index in [0.717, 1.165) is 39.6 Å². The van der Waals surface area contributed by atoms with Crippen molar-refractivity contribution in [3.8, 4) is 28.3 Å². The number of amides is 2. The molecule has 41 heavy (non-hydrogen) atoms. The van der Waals surface area contributed by atoms with Gasteiger partial charge in [0.05, 0.1) is 18.0 Å². The standard InChI is InChI=1S/C32H30N6O3/c1-31(2,3)41-30(40)36-18-32(19-36)15-28(39)38(20-32)25-9-10-26-23(13-25)17-35-16-22(21-5-7-24(33-4)8-6-21)14-27(35)29-34-11-12-37(26)29/h5-14,16H,15,17-20H2,1-3H3. The molecule has 4 aromatic rings. The fraction of sp³-hybridized carbons (Fsp3) is 0.312. The summed E-state index contributed by atoms with van der Waals surface area (Å²) < 4.78 is 9.81. The third-order valence-electron chi connectivity index (χ3n) is 8.10. The molecule has 0 atom stereocenters. The Hall–Kier alpha value is -4.84. The molecule has 0 bridgehead atoms. The van der Waals surface area contributed by atoms with Crippen LogP contribution in [0.1, 0.15) is 32.8 Å². The van der Waals surface area contributed by atoms with E-state index in [-0.39, 0.29) is 17.4 Å². The Morgan fingerprint density at radius 2 is 1.83 bits per heavy atom. The molecule has 9 heteroatoms. The van der Waals surface area contributed by atoms with Crippen molar-refractivity contribution in [1.29, 1.82) is 0 Å². The molecule has 0 N–H and O–H groups in total. The highest BCUT2D eigenvalue weighted by atomic mass is 16.6. The second-order valence-electron chi connectivity index (χ2n) is 12.3. The van der Waals surface area contributed by atoms with Crippen molar-refractivity contribution in [2.75, 3.05) is 24.5 Å². The van der Waals surface area contributed by atoms with Crippen molar-refractivity contribution in [3.05, 3.63) is 84.1 Å². The van der Waals surface area contributed by atoms with Crippen LogP contribution < -0.4 is 4.90 Å². The maximum atomic E-state index is 13.2. The molecule has 2 aromatic carbocycles. The third-order valence-corrected chi connectivity index (χ3v) is 8.10. The monoisotopic (exact) mass is 546 g/mol. The zero-order chi connectivity index (χ0) is 28.5. The molecule has 0 unspecified atom stereocenters. The molecular weight excluding hydrogens is 516 g/mol.